The molecule has 0 unspecified atom stereocenters. The molecule has 0 saturated carbocycles. The molecule has 0 aliphatic rings. The number of halogens is 1. The van der Waals surface area contributed by atoms with E-state index < -0.39 is 27.9 Å². The van der Waals surface area contributed by atoms with E-state index in [4.69, 9.17) is 16.3 Å². The van der Waals surface area contributed by atoms with Crippen molar-refractivity contribution < 1.29 is 32.3 Å². The zero-order valence-electron chi connectivity index (χ0n) is 18.0. The van der Waals surface area contributed by atoms with Gasteiger partial charge in [-0.05, 0) is 48.5 Å². The number of rotatable bonds is 7. The lowest BCUT2D eigenvalue weighted by Crippen LogP contribution is -2.17. The number of hydrogen-bond acceptors (Lipinski definition) is 7. The average molecular weight is 503 g/mol. The van der Waals surface area contributed by atoms with E-state index in [9.17, 15) is 22.8 Å². The van der Waals surface area contributed by atoms with Crippen molar-refractivity contribution in [1.82, 2.24) is 0 Å². The molecule has 176 valence electrons. The largest absolute Gasteiger partial charge is 0.465 e. The number of hydrogen-bond donors (Lipinski definition) is 2. The van der Waals surface area contributed by atoms with Crippen LogP contribution in [0.3, 0.4) is 0 Å². The number of nitrogens with one attached hydrogen (secondary N) is 2. The van der Waals surface area contributed by atoms with E-state index in [1.807, 2.05) is 0 Å². The Morgan fingerprint density at radius 3 is 2.06 bits per heavy atom. The van der Waals surface area contributed by atoms with Gasteiger partial charge >= 0.3 is 11.9 Å². The Morgan fingerprint density at radius 1 is 0.794 bits per heavy atom. The van der Waals surface area contributed by atoms with Crippen LogP contribution in [0.15, 0.2) is 71.6 Å². The summed E-state index contributed by atoms with van der Waals surface area (Å²) in [6.45, 7) is 0. The van der Waals surface area contributed by atoms with E-state index in [2.05, 4.69) is 14.8 Å². The van der Waals surface area contributed by atoms with Gasteiger partial charge in [0.1, 0.15) is 0 Å². The molecule has 0 spiro atoms. The molecule has 0 saturated heterocycles. The predicted octanol–water partition coefficient (Wildman–Crippen LogP) is 3.97. The standard InChI is InChI=1S/C23H19ClN2O7S/c1-32-22(28)15-8-10-17(23(29)33-2)20(13-15)25-21(27)14-9-11-19(18(24)12-14)26-34(30,31)16-6-4-3-5-7-16/h3-13,26H,1-2H3,(H,25,27). The SMILES string of the molecule is COC(=O)c1ccc(C(=O)OC)c(NC(=O)c2ccc(NS(=O)(=O)c3ccccc3)c(Cl)c2)c1. The van der Waals surface area contributed by atoms with Crippen LogP contribution in [-0.2, 0) is 19.5 Å². The van der Waals surface area contributed by atoms with Gasteiger partial charge in [0.25, 0.3) is 15.9 Å². The van der Waals surface area contributed by atoms with Gasteiger partial charge < -0.3 is 14.8 Å². The fourth-order valence-electron chi connectivity index (χ4n) is 2.92. The molecule has 34 heavy (non-hydrogen) atoms. The highest BCUT2D eigenvalue weighted by Gasteiger charge is 2.20. The van der Waals surface area contributed by atoms with Gasteiger partial charge in [0, 0.05) is 5.56 Å². The second-order valence-corrected chi connectivity index (χ2v) is 8.90. The Labute approximate surface area is 200 Å². The highest BCUT2D eigenvalue weighted by atomic mass is 35.5. The van der Waals surface area contributed by atoms with Gasteiger partial charge in [0.2, 0.25) is 0 Å². The van der Waals surface area contributed by atoms with Crippen molar-refractivity contribution in [2.24, 2.45) is 0 Å². The smallest absolute Gasteiger partial charge is 0.339 e. The maximum absolute atomic E-state index is 12.8. The van der Waals surface area contributed by atoms with Gasteiger partial charge in [-0.15, -0.1) is 0 Å². The van der Waals surface area contributed by atoms with E-state index in [1.165, 1.54) is 62.8 Å². The summed E-state index contributed by atoms with van der Waals surface area (Å²) in [5.41, 5.74) is 0.290. The van der Waals surface area contributed by atoms with Gasteiger partial charge in [0.05, 0.1) is 46.6 Å². The van der Waals surface area contributed by atoms with Gasteiger partial charge in [-0.3, -0.25) is 9.52 Å². The van der Waals surface area contributed by atoms with E-state index in [0.29, 0.717) is 0 Å². The number of ether oxygens (including phenoxy) is 2. The van der Waals surface area contributed by atoms with E-state index in [-0.39, 0.29) is 38.0 Å². The molecule has 0 heterocycles. The maximum atomic E-state index is 12.8. The van der Waals surface area contributed by atoms with Crippen molar-refractivity contribution >= 4 is 50.8 Å². The number of methoxy groups -OCH3 is 2. The molecule has 2 N–H and O–H groups in total. The third-order valence-electron chi connectivity index (χ3n) is 4.62. The first-order valence-electron chi connectivity index (χ1n) is 9.65. The first-order valence-corrected chi connectivity index (χ1v) is 11.5. The molecular formula is C23H19ClN2O7S. The van der Waals surface area contributed by atoms with E-state index in [0.717, 1.165) is 0 Å². The van der Waals surface area contributed by atoms with Crippen molar-refractivity contribution in [2.45, 2.75) is 4.90 Å². The lowest BCUT2D eigenvalue weighted by atomic mass is 10.1. The molecule has 3 aromatic carbocycles. The van der Waals surface area contributed by atoms with Crippen LogP contribution >= 0.6 is 11.6 Å². The van der Waals surface area contributed by atoms with Crippen molar-refractivity contribution in [3.05, 3.63) is 88.4 Å². The molecule has 3 rings (SSSR count). The van der Waals surface area contributed by atoms with Crippen LogP contribution in [0.1, 0.15) is 31.1 Å². The zero-order chi connectivity index (χ0) is 24.9. The third-order valence-corrected chi connectivity index (χ3v) is 6.32. The lowest BCUT2D eigenvalue weighted by molar-refractivity contribution is 0.0587. The van der Waals surface area contributed by atoms with Gasteiger partial charge in [-0.2, -0.15) is 0 Å². The quantitative estimate of drug-likeness (QED) is 0.468. The molecular weight excluding hydrogens is 484 g/mol. The zero-order valence-corrected chi connectivity index (χ0v) is 19.6. The van der Waals surface area contributed by atoms with Crippen LogP contribution in [0.25, 0.3) is 0 Å². The molecule has 0 bridgehead atoms. The van der Waals surface area contributed by atoms with Crippen LogP contribution in [-0.4, -0.2) is 40.5 Å². The summed E-state index contributed by atoms with van der Waals surface area (Å²) < 4.78 is 36.8. The first kappa shape index (κ1) is 24.7. The fraction of sp³-hybridized carbons (Fsp3) is 0.0870. The number of amides is 1. The molecule has 0 aliphatic carbocycles. The van der Waals surface area contributed by atoms with Crippen molar-refractivity contribution in [3.8, 4) is 0 Å². The first-order chi connectivity index (χ1) is 16.2. The van der Waals surface area contributed by atoms with E-state index >= 15 is 0 Å². The van der Waals surface area contributed by atoms with Crippen molar-refractivity contribution in [3.63, 3.8) is 0 Å². The topological polar surface area (TPSA) is 128 Å². The molecule has 0 fully saturated rings. The predicted molar refractivity (Wildman–Crippen MR) is 126 cm³/mol. The lowest BCUT2D eigenvalue weighted by Gasteiger charge is -2.13. The van der Waals surface area contributed by atoms with Crippen LogP contribution in [0.4, 0.5) is 11.4 Å². The summed E-state index contributed by atoms with van der Waals surface area (Å²) in [4.78, 5) is 36.8. The minimum Gasteiger partial charge on any atom is -0.465 e. The molecule has 0 aliphatic heterocycles. The highest BCUT2D eigenvalue weighted by molar-refractivity contribution is 7.92. The molecule has 0 aromatic heterocycles. The molecule has 0 atom stereocenters. The van der Waals surface area contributed by atoms with Crippen LogP contribution in [0.5, 0.6) is 0 Å². The Balaban J connectivity index is 1.87. The monoisotopic (exact) mass is 502 g/mol. The molecule has 1 amide bonds. The van der Waals surface area contributed by atoms with Gasteiger partial charge in [0.15, 0.2) is 0 Å². The molecule has 11 heteroatoms. The number of carbonyl (C=O) groups excluding carboxylic acids is 3. The molecule has 0 radical (unpaired) electrons. The number of benzene rings is 3. The summed E-state index contributed by atoms with van der Waals surface area (Å²) in [6, 6.07) is 15.6. The van der Waals surface area contributed by atoms with Crippen LogP contribution < -0.4 is 10.0 Å². The Hall–Kier alpha value is -3.89. The van der Waals surface area contributed by atoms with Crippen molar-refractivity contribution in [1.29, 1.82) is 0 Å². The summed E-state index contributed by atoms with van der Waals surface area (Å²) in [6.07, 6.45) is 0. The second-order valence-electron chi connectivity index (χ2n) is 6.81. The highest BCUT2D eigenvalue weighted by Crippen LogP contribution is 2.27. The third kappa shape index (κ3) is 5.53. The Morgan fingerprint density at radius 2 is 1.44 bits per heavy atom. The maximum Gasteiger partial charge on any atom is 0.339 e. The number of esters is 2. The molecule has 3 aromatic rings. The van der Waals surface area contributed by atoms with E-state index in [1.54, 1.807) is 18.2 Å². The number of anilines is 2. The summed E-state index contributed by atoms with van der Waals surface area (Å²) in [7, 11) is -1.50. The van der Waals surface area contributed by atoms with Crippen LogP contribution in [0, 0.1) is 0 Å². The van der Waals surface area contributed by atoms with Crippen LogP contribution in [0.2, 0.25) is 5.02 Å². The number of sulfonamides is 1. The summed E-state index contributed by atoms with van der Waals surface area (Å²) >= 11 is 6.22. The minimum absolute atomic E-state index is 0.0156. The number of carbonyl (C=O) groups is 3. The average Bonchev–Trinajstić information content (AvgIpc) is 2.84. The summed E-state index contributed by atoms with van der Waals surface area (Å²) in [5, 5.41) is 2.51. The van der Waals surface area contributed by atoms with Gasteiger partial charge in [-0.1, -0.05) is 29.8 Å². The Bertz CT molecular complexity index is 1360. The minimum atomic E-state index is -3.88. The summed E-state index contributed by atoms with van der Waals surface area (Å²) in [5.74, 6) is -2.05. The van der Waals surface area contributed by atoms with Crippen molar-refractivity contribution in [2.75, 3.05) is 24.3 Å². The normalized spacial score (nSPS) is 10.8. The Kier molecular flexibility index (Phi) is 7.54. The second kappa shape index (κ2) is 10.4. The van der Waals surface area contributed by atoms with Gasteiger partial charge in [-0.25, -0.2) is 18.0 Å². The molecule has 9 nitrogen and oxygen atoms in total. The fourth-order valence-corrected chi connectivity index (χ4v) is 4.30.